The molecule has 1 aromatic heterocycles. The summed E-state index contributed by atoms with van der Waals surface area (Å²) in [6.07, 6.45) is 0. The lowest BCUT2D eigenvalue weighted by atomic mass is 10.2. The lowest BCUT2D eigenvalue weighted by Crippen LogP contribution is -2.25. The molecule has 0 saturated carbocycles. The molecular weight excluding hydrogens is 457 g/mol. The monoisotopic (exact) mass is 475 g/mol. The topological polar surface area (TPSA) is 119 Å². The van der Waals surface area contributed by atoms with E-state index in [1.807, 2.05) is 19.9 Å². The van der Waals surface area contributed by atoms with Crippen molar-refractivity contribution in [2.24, 2.45) is 0 Å². The fourth-order valence-electron chi connectivity index (χ4n) is 3.08. The highest BCUT2D eigenvalue weighted by Crippen LogP contribution is 2.28. The van der Waals surface area contributed by atoms with Crippen LogP contribution in [0.15, 0.2) is 42.5 Å². The molecule has 0 bridgehead atoms. The molecule has 0 aliphatic rings. The Labute approximate surface area is 193 Å². The van der Waals surface area contributed by atoms with Gasteiger partial charge in [0.2, 0.25) is 5.91 Å². The van der Waals surface area contributed by atoms with E-state index in [2.05, 4.69) is 15.7 Å². The Hall–Kier alpha value is -3.43. The van der Waals surface area contributed by atoms with Gasteiger partial charge in [-0.1, -0.05) is 23.2 Å². The molecule has 9 nitrogen and oxygen atoms in total. The number of carbonyl (C=O) groups excluding carboxylic acids is 2. The zero-order chi connectivity index (χ0) is 23.6. The van der Waals surface area contributed by atoms with Crippen molar-refractivity contribution in [2.45, 2.75) is 26.8 Å². The van der Waals surface area contributed by atoms with Crippen molar-refractivity contribution in [1.82, 2.24) is 9.78 Å². The highest BCUT2D eigenvalue weighted by molar-refractivity contribution is 6.34. The maximum Gasteiger partial charge on any atom is 0.288 e. The average Bonchev–Trinajstić information content (AvgIpc) is 3.07. The Balaban J connectivity index is 1.72. The number of nitro groups is 1. The van der Waals surface area contributed by atoms with Gasteiger partial charge in [-0.3, -0.25) is 24.4 Å². The van der Waals surface area contributed by atoms with Crippen LogP contribution in [0.2, 0.25) is 10.0 Å². The third kappa shape index (κ3) is 5.06. The molecule has 11 heteroatoms. The number of hydrogen-bond acceptors (Lipinski definition) is 5. The number of amides is 2. The van der Waals surface area contributed by atoms with Gasteiger partial charge in [-0.25, -0.2) is 0 Å². The Morgan fingerprint density at radius 2 is 1.78 bits per heavy atom. The van der Waals surface area contributed by atoms with Crippen LogP contribution < -0.4 is 10.6 Å². The minimum atomic E-state index is -0.666. The fourth-order valence-corrected chi connectivity index (χ4v) is 3.49. The summed E-state index contributed by atoms with van der Waals surface area (Å²) in [6, 6.07) is 9.64. The molecule has 2 aromatic carbocycles. The lowest BCUT2D eigenvalue weighted by Gasteiger charge is -2.16. The van der Waals surface area contributed by atoms with Crippen LogP contribution in [0, 0.1) is 24.0 Å². The van der Waals surface area contributed by atoms with E-state index in [4.69, 9.17) is 23.2 Å². The summed E-state index contributed by atoms with van der Waals surface area (Å²) in [7, 11) is 0. The van der Waals surface area contributed by atoms with Gasteiger partial charge in [0, 0.05) is 23.0 Å². The van der Waals surface area contributed by atoms with Gasteiger partial charge in [0.15, 0.2) is 0 Å². The van der Waals surface area contributed by atoms with E-state index in [1.54, 1.807) is 23.7 Å². The Kier molecular flexibility index (Phi) is 6.81. The van der Waals surface area contributed by atoms with Crippen LogP contribution >= 0.6 is 23.2 Å². The maximum absolute atomic E-state index is 12.6. The number of nitrogens with zero attached hydrogens (tertiary/aromatic N) is 3. The third-order valence-electron chi connectivity index (χ3n) is 4.68. The SMILES string of the molecule is Cc1cc(C)n(C(C)C(=O)Nc2ccc(NC(=O)c3ccc(Cl)c([N+](=O)[O-])c3)cc2Cl)n1. The third-order valence-corrected chi connectivity index (χ3v) is 5.31. The zero-order valence-corrected chi connectivity index (χ0v) is 18.9. The van der Waals surface area contributed by atoms with E-state index < -0.39 is 16.9 Å². The molecule has 0 spiro atoms. The van der Waals surface area contributed by atoms with Crippen LogP contribution in [0.1, 0.15) is 34.7 Å². The van der Waals surface area contributed by atoms with Gasteiger partial charge in [-0.05, 0) is 57.2 Å². The molecule has 1 atom stereocenters. The first-order valence-electron chi connectivity index (χ1n) is 9.45. The largest absolute Gasteiger partial charge is 0.323 e. The van der Waals surface area contributed by atoms with Crippen LogP contribution in [0.25, 0.3) is 0 Å². The average molecular weight is 476 g/mol. The number of hydrogen-bond donors (Lipinski definition) is 2. The first-order valence-corrected chi connectivity index (χ1v) is 10.2. The van der Waals surface area contributed by atoms with Gasteiger partial charge < -0.3 is 10.6 Å². The van der Waals surface area contributed by atoms with Gasteiger partial charge in [0.05, 0.1) is 21.3 Å². The number of nitrogens with one attached hydrogen (secondary N) is 2. The van der Waals surface area contributed by atoms with Crippen molar-refractivity contribution in [3.63, 3.8) is 0 Å². The second-order valence-corrected chi connectivity index (χ2v) is 7.92. The Bertz CT molecular complexity index is 1220. The normalized spacial score (nSPS) is 11.7. The van der Waals surface area contributed by atoms with Crippen molar-refractivity contribution in [3.8, 4) is 0 Å². The van der Waals surface area contributed by atoms with Crippen molar-refractivity contribution < 1.29 is 14.5 Å². The molecular formula is C21H19Cl2N5O4. The molecule has 0 aliphatic heterocycles. The number of halogens is 2. The van der Waals surface area contributed by atoms with E-state index in [-0.39, 0.29) is 27.2 Å². The molecule has 2 N–H and O–H groups in total. The van der Waals surface area contributed by atoms with Gasteiger partial charge in [-0.2, -0.15) is 5.10 Å². The minimum absolute atomic E-state index is 0.0633. The number of aromatic nitrogens is 2. The number of anilines is 2. The van der Waals surface area contributed by atoms with Crippen molar-refractivity contribution in [2.75, 3.05) is 10.6 Å². The minimum Gasteiger partial charge on any atom is -0.323 e. The van der Waals surface area contributed by atoms with E-state index in [1.165, 1.54) is 18.2 Å². The molecule has 1 heterocycles. The molecule has 0 fully saturated rings. The van der Waals surface area contributed by atoms with Crippen LogP contribution in [0.4, 0.5) is 17.1 Å². The summed E-state index contributed by atoms with van der Waals surface area (Å²) in [4.78, 5) is 35.4. The Morgan fingerprint density at radius 3 is 2.38 bits per heavy atom. The van der Waals surface area contributed by atoms with Crippen LogP contribution in [0.3, 0.4) is 0 Å². The second kappa shape index (κ2) is 9.37. The van der Waals surface area contributed by atoms with Gasteiger partial charge in [-0.15, -0.1) is 0 Å². The van der Waals surface area contributed by atoms with Gasteiger partial charge in [0.1, 0.15) is 11.1 Å². The summed E-state index contributed by atoms with van der Waals surface area (Å²) in [5.41, 5.74) is 2.08. The highest BCUT2D eigenvalue weighted by Gasteiger charge is 2.20. The van der Waals surface area contributed by atoms with Crippen LogP contribution in [0.5, 0.6) is 0 Å². The lowest BCUT2D eigenvalue weighted by molar-refractivity contribution is -0.384. The smallest absolute Gasteiger partial charge is 0.288 e. The van der Waals surface area contributed by atoms with Crippen molar-refractivity contribution in [3.05, 3.63) is 79.6 Å². The molecule has 0 aliphatic carbocycles. The predicted octanol–water partition coefficient (Wildman–Crippen LogP) is 5.17. The number of carbonyl (C=O) groups is 2. The molecule has 0 radical (unpaired) electrons. The summed E-state index contributed by atoms with van der Waals surface area (Å²) in [6.45, 7) is 5.44. The van der Waals surface area contributed by atoms with Crippen molar-refractivity contribution in [1.29, 1.82) is 0 Å². The van der Waals surface area contributed by atoms with Crippen molar-refractivity contribution >= 4 is 52.1 Å². The molecule has 2 amide bonds. The van der Waals surface area contributed by atoms with Gasteiger partial charge in [0.25, 0.3) is 11.6 Å². The molecule has 166 valence electrons. The molecule has 32 heavy (non-hydrogen) atoms. The zero-order valence-electron chi connectivity index (χ0n) is 17.3. The number of nitro benzene ring substituents is 1. The first-order chi connectivity index (χ1) is 15.1. The molecule has 1 unspecified atom stereocenters. The summed E-state index contributed by atoms with van der Waals surface area (Å²) >= 11 is 12.1. The fraction of sp³-hybridized carbons (Fsp3) is 0.190. The quantitative estimate of drug-likeness (QED) is 0.376. The first kappa shape index (κ1) is 23.2. The van der Waals surface area contributed by atoms with Gasteiger partial charge >= 0.3 is 0 Å². The van der Waals surface area contributed by atoms with Crippen LogP contribution in [-0.4, -0.2) is 26.5 Å². The maximum atomic E-state index is 12.6. The number of benzene rings is 2. The van der Waals surface area contributed by atoms with E-state index in [9.17, 15) is 19.7 Å². The number of rotatable bonds is 6. The van der Waals surface area contributed by atoms with Crippen LogP contribution in [-0.2, 0) is 4.79 Å². The second-order valence-electron chi connectivity index (χ2n) is 7.11. The molecule has 3 rings (SSSR count). The molecule has 3 aromatic rings. The van der Waals surface area contributed by atoms with E-state index >= 15 is 0 Å². The predicted molar refractivity (Wildman–Crippen MR) is 123 cm³/mol. The highest BCUT2D eigenvalue weighted by atomic mass is 35.5. The van der Waals surface area contributed by atoms with E-state index in [0.29, 0.717) is 11.4 Å². The number of aryl methyl sites for hydroxylation is 2. The standard InChI is InChI=1S/C21H19Cl2N5O4/c1-11-8-12(2)27(26-11)13(3)20(29)25-18-7-5-15(10-17(18)23)24-21(30)14-4-6-16(22)19(9-14)28(31)32/h4-10,13H,1-3H3,(H,24,30)(H,25,29). The summed E-state index contributed by atoms with van der Waals surface area (Å²) in [5.74, 6) is -0.876. The Morgan fingerprint density at radius 1 is 1.06 bits per heavy atom. The molecule has 0 saturated heterocycles. The van der Waals surface area contributed by atoms with E-state index in [0.717, 1.165) is 17.5 Å². The summed E-state index contributed by atoms with van der Waals surface area (Å²) in [5, 5.41) is 20.8. The summed E-state index contributed by atoms with van der Waals surface area (Å²) < 4.78 is 1.62.